The van der Waals surface area contributed by atoms with E-state index >= 15 is 0 Å². The Hall–Kier alpha value is -4.89. The van der Waals surface area contributed by atoms with Crippen LogP contribution in [0.1, 0.15) is 52.2 Å². The van der Waals surface area contributed by atoms with Gasteiger partial charge in [0.25, 0.3) is 0 Å². The molecular formula is C32H33N7O2. The monoisotopic (exact) mass is 547 g/mol. The summed E-state index contributed by atoms with van der Waals surface area (Å²) in [7, 11) is 1.87. The Kier molecular flexibility index (Phi) is 6.92. The predicted octanol–water partition coefficient (Wildman–Crippen LogP) is 5.72. The number of ether oxygens (including phenoxy) is 1. The molecule has 0 saturated heterocycles. The number of imidazole rings is 1. The van der Waals surface area contributed by atoms with Gasteiger partial charge in [0.2, 0.25) is 11.8 Å². The standard InChI is InChI=1S/C32H33N7O2/c1-31(2,3)41-30(40)38-15-13-21(14-16-38)22-7-12-26-25(17-22)28-27(18-35-26)37(6)29(36-20-34)39(28)24-10-8-23(9-11-24)32(4,5)19-33/h7-13,17-18H,14-16H2,1-6H3. The highest BCUT2D eigenvalue weighted by Gasteiger charge is 2.25. The van der Waals surface area contributed by atoms with Crippen molar-refractivity contribution in [3.8, 4) is 17.9 Å². The van der Waals surface area contributed by atoms with Crippen molar-refractivity contribution < 1.29 is 9.53 Å². The van der Waals surface area contributed by atoms with Gasteiger partial charge in [-0.1, -0.05) is 24.3 Å². The van der Waals surface area contributed by atoms with Crippen molar-refractivity contribution >= 4 is 33.6 Å². The smallest absolute Gasteiger partial charge is 0.410 e. The number of nitriles is 2. The van der Waals surface area contributed by atoms with Crippen molar-refractivity contribution in [3.63, 3.8) is 0 Å². The second-order valence-corrected chi connectivity index (χ2v) is 11.8. The first-order chi connectivity index (χ1) is 19.4. The van der Waals surface area contributed by atoms with Crippen LogP contribution in [-0.4, -0.2) is 43.8 Å². The molecule has 2 aromatic heterocycles. The second kappa shape index (κ2) is 10.3. The molecule has 5 rings (SSSR count). The maximum atomic E-state index is 12.5. The van der Waals surface area contributed by atoms with Crippen LogP contribution in [0.25, 0.3) is 33.2 Å². The number of aromatic nitrogens is 3. The summed E-state index contributed by atoms with van der Waals surface area (Å²) in [6, 6.07) is 16.3. The van der Waals surface area contributed by atoms with Crippen LogP contribution in [0.4, 0.5) is 4.79 Å². The lowest BCUT2D eigenvalue weighted by Crippen LogP contribution is -2.39. The summed E-state index contributed by atoms with van der Waals surface area (Å²) < 4.78 is 9.37. The number of pyridine rings is 1. The summed E-state index contributed by atoms with van der Waals surface area (Å²) in [6.07, 6.45) is 6.22. The van der Waals surface area contributed by atoms with Gasteiger partial charge in [-0.25, -0.2) is 4.79 Å². The van der Waals surface area contributed by atoms with E-state index in [2.05, 4.69) is 29.3 Å². The maximum absolute atomic E-state index is 12.5. The molecule has 0 saturated carbocycles. The van der Waals surface area contributed by atoms with Gasteiger partial charge in [-0.15, -0.1) is 4.99 Å². The van der Waals surface area contributed by atoms with Gasteiger partial charge in [-0.05, 0) is 82.0 Å². The van der Waals surface area contributed by atoms with Gasteiger partial charge in [0.15, 0.2) is 0 Å². The molecular weight excluding hydrogens is 514 g/mol. The van der Waals surface area contributed by atoms with E-state index in [1.807, 2.05) is 87.3 Å². The van der Waals surface area contributed by atoms with Crippen LogP contribution in [0.2, 0.25) is 0 Å². The Bertz CT molecular complexity index is 1850. The molecule has 1 aliphatic heterocycles. The fourth-order valence-corrected chi connectivity index (χ4v) is 5.14. The van der Waals surface area contributed by atoms with E-state index in [1.54, 1.807) is 11.1 Å². The first kappa shape index (κ1) is 27.7. The lowest BCUT2D eigenvalue weighted by molar-refractivity contribution is 0.0270. The van der Waals surface area contributed by atoms with E-state index in [0.29, 0.717) is 25.1 Å². The number of benzene rings is 2. The molecule has 0 unspecified atom stereocenters. The number of fused-ring (bicyclic) bond motifs is 3. The zero-order chi connectivity index (χ0) is 29.5. The molecule has 41 heavy (non-hydrogen) atoms. The van der Waals surface area contributed by atoms with E-state index in [1.165, 1.54) is 0 Å². The van der Waals surface area contributed by atoms with Gasteiger partial charge >= 0.3 is 6.09 Å². The molecule has 0 radical (unpaired) electrons. The molecule has 9 heteroatoms. The lowest BCUT2D eigenvalue weighted by atomic mass is 9.86. The minimum absolute atomic E-state index is 0.305. The van der Waals surface area contributed by atoms with Crippen molar-refractivity contribution in [1.29, 1.82) is 10.5 Å². The summed E-state index contributed by atoms with van der Waals surface area (Å²) in [5.41, 5.74) is 5.77. The molecule has 0 bridgehead atoms. The number of rotatable bonds is 3. The highest BCUT2D eigenvalue weighted by Crippen LogP contribution is 2.31. The molecule has 1 amide bonds. The van der Waals surface area contributed by atoms with Gasteiger partial charge in [-0.2, -0.15) is 10.5 Å². The third-order valence-electron chi connectivity index (χ3n) is 7.41. The Balaban J connectivity index is 1.63. The number of nitrogens with zero attached hydrogens (tertiary/aromatic N) is 7. The predicted molar refractivity (Wildman–Crippen MR) is 158 cm³/mol. The number of carbonyl (C=O) groups is 1. The number of amides is 1. The molecule has 208 valence electrons. The Morgan fingerprint density at radius 1 is 1.07 bits per heavy atom. The molecule has 0 atom stereocenters. The minimum atomic E-state index is -0.625. The molecule has 4 aromatic rings. The van der Waals surface area contributed by atoms with Crippen LogP contribution in [0.5, 0.6) is 0 Å². The summed E-state index contributed by atoms with van der Waals surface area (Å²) in [4.78, 5) is 23.1. The third-order valence-corrected chi connectivity index (χ3v) is 7.41. The van der Waals surface area contributed by atoms with Crippen molar-refractivity contribution in [1.82, 2.24) is 19.0 Å². The molecule has 0 fully saturated rings. The van der Waals surface area contributed by atoms with Crippen molar-refractivity contribution in [3.05, 3.63) is 71.5 Å². The van der Waals surface area contributed by atoms with E-state index in [9.17, 15) is 15.3 Å². The van der Waals surface area contributed by atoms with Gasteiger partial charge in [-0.3, -0.25) is 9.55 Å². The SMILES string of the molecule is Cn1c(=NC#N)n(-c2ccc(C(C)(C)C#N)cc2)c2c3cc(C4=CCN(C(=O)OC(C)(C)C)CC4)ccc3ncc21. The van der Waals surface area contributed by atoms with E-state index in [0.717, 1.165) is 44.3 Å². The van der Waals surface area contributed by atoms with E-state index in [-0.39, 0.29) is 6.09 Å². The fourth-order valence-electron chi connectivity index (χ4n) is 5.14. The summed E-state index contributed by atoms with van der Waals surface area (Å²) >= 11 is 0. The van der Waals surface area contributed by atoms with Crippen LogP contribution in [0.15, 0.2) is 59.7 Å². The number of carbonyl (C=O) groups excluding carboxylic acids is 1. The van der Waals surface area contributed by atoms with Gasteiger partial charge in [0.05, 0.1) is 34.2 Å². The fraction of sp³-hybridized carbons (Fsp3) is 0.344. The largest absolute Gasteiger partial charge is 0.444 e. The maximum Gasteiger partial charge on any atom is 0.410 e. The van der Waals surface area contributed by atoms with E-state index < -0.39 is 11.0 Å². The highest BCUT2D eigenvalue weighted by atomic mass is 16.6. The molecule has 0 N–H and O–H groups in total. The topological polar surface area (TPSA) is 112 Å². The van der Waals surface area contributed by atoms with E-state index in [4.69, 9.17) is 9.72 Å². The Labute approximate surface area is 239 Å². The Morgan fingerprint density at radius 3 is 2.41 bits per heavy atom. The van der Waals surface area contributed by atoms with Crippen molar-refractivity contribution in [2.24, 2.45) is 12.0 Å². The molecule has 0 spiro atoms. The zero-order valence-electron chi connectivity index (χ0n) is 24.3. The highest BCUT2D eigenvalue weighted by molar-refractivity contribution is 6.04. The van der Waals surface area contributed by atoms with Crippen LogP contribution < -0.4 is 5.62 Å². The van der Waals surface area contributed by atoms with Crippen LogP contribution >= 0.6 is 0 Å². The second-order valence-electron chi connectivity index (χ2n) is 11.8. The number of aryl methyl sites for hydroxylation is 1. The summed E-state index contributed by atoms with van der Waals surface area (Å²) in [5, 5.41) is 20.0. The number of hydrogen-bond donors (Lipinski definition) is 0. The van der Waals surface area contributed by atoms with Crippen LogP contribution in [0.3, 0.4) is 0 Å². The zero-order valence-corrected chi connectivity index (χ0v) is 24.3. The molecule has 1 aliphatic rings. The van der Waals surface area contributed by atoms with Crippen molar-refractivity contribution in [2.45, 2.75) is 52.1 Å². The average molecular weight is 548 g/mol. The average Bonchev–Trinajstić information content (AvgIpc) is 3.23. The van der Waals surface area contributed by atoms with Gasteiger partial charge in [0.1, 0.15) is 5.60 Å². The molecule has 3 heterocycles. The van der Waals surface area contributed by atoms with Gasteiger partial charge < -0.3 is 14.2 Å². The molecule has 0 aliphatic carbocycles. The summed E-state index contributed by atoms with van der Waals surface area (Å²) in [5.74, 6) is 0. The third kappa shape index (κ3) is 5.19. The van der Waals surface area contributed by atoms with Crippen LogP contribution in [0, 0.1) is 22.8 Å². The van der Waals surface area contributed by atoms with Crippen molar-refractivity contribution in [2.75, 3.05) is 13.1 Å². The quantitative estimate of drug-likeness (QED) is 0.304. The minimum Gasteiger partial charge on any atom is -0.444 e. The first-order valence-electron chi connectivity index (χ1n) is 13.6. The first-order valence-corrected chi connectivity index (χ1v) is 13.6. The Morgan fingerprint density at radius 2 is 1.80 bits per heavy atom. The normalized spacial score (nSPS) is 14.6. The lowest BCUT2D eigenvalue weighted by Gasteiger charge is -2.29. The number of hydrogen-bond acceptors (Lipinski definition) is 6. The van der Waals surface area contributed by atoms with Gasteiger partial charge in [0, 0.05) is 31.2 Å². The molecule has 2 aromatic carbocycles. The van der Waals surface area contributed by atoms with Crippen LogP contribution in [-0.2, 0) is 17.2 Å². The molecule has 9 nitrogen and oxygen atoms in total. The summed E-state index contributed by atoms with van der Waals surface area (Å²) in [6.45, 7) is 10.4.